The van der Waals surface area contributed by atoms with Gasteiger partial charge in [0.15, 0.2) is 0 Å². The topological polar surface area (TPSA) is 29.5 Å². The van der Waals surface area contributed by atoms with Crippen LogP contribution in [0.15, 0.2) is 30.3 Å². The molecule has 0 fully saturated rings. The van der Waals surface area contributed by atoms with E-state index in [1.165, 1.54) is 6.07 Å². The maximum atomic E-state index is 13.6. The van der Waals surface area contributed by atoms with Gasteiger partial charge in [0.1, 0.15) is 17.3 Å². The molecule has 2 nitrogen and oxygen atoms in total. The molecular weight excluding hydrogens is 291 g/mol. The van der Waals surface area contributed by atoms with Gasteiger partial charge in [-0.15, -0.1) is 0 Å². The van der Waals surface area contributed by atoms with E-state index in [0.29, 0.717) is 27.6 Å². The monoisotopic (exact) mass is 308 g/mol. The molecule has 21 heavy (non-hydrogen) atoms. The van der Waals surface area contributed by atoms with Crippen molar-refractivity contribution < 1.29 is 14.2 Å². The Morgan fingerprint density at radius 2 is 2.00 bits per heavy atom. The van der Waals surface area contributed by atoms with Gasteiger partial charge in [-0.2, -0.15) is 0 Å². The van der Waals surface area contributed by atoms with Gasteiger partial charge in [-0.1, -0.05) is 18.5 Å². The van der Waals surface area contributed by atoms with E-state index in [4.69, 9.17) is 16.3 Å². The maximum Gasteiger partial charge on any atom is 0.133 e. The first kappa shape index (κ1) is 15.8. The van der Waals surface area contributed by atoms with Gasteiger partial charge >= 0.3 is 0 Å². The van der Waals surface area contributed by atoms with Crippen LogP contribution < -0.4 is 4.74 Å². The van der Waals surface area contributed by atoms with E-state index in [-0.39, 0.29) is 5.82 Å². The van der Waals surface area contributed by atoms with Crippen molar-refractivity contribution in [3.63, 3.8) is 0 Å². The second-order valence-electron chi connectivity index (χ2n) is 5.02. The van der Waals surface area contributed by atoms with Crippen LogP contribution in [-0.2, 0) is 6.42 Å². The Morgan fingerprint density at radius 3 is 2.62 bits per heavy atom. The molecule has 2 aromatic carbocycles. The first-order chi connectivity index (χ1) is 9.92. The number of ether oxygens (including phenoxy) is 1. The molecule has 0 saturated heterocycles. The average molecular weight is 309 g/mol. The van der Waals surface area contributed by atoms with Gasteiger partial charge in [-0.05, 0) is 61.7 Å². The van der Waals surface area contributed by atoms with Crippen molar-refractivity contribution in [2.75, 3.05) is 0 Å². The number of aliphatic hydroxyl groups excluding tert-OH is 1. The van der Waals surface area contributed by atoms with Crippen molar-refractivity contribution in [2.24, 2.45) is 0 Å². The van der Waals surface area contributed by atoms with Crippen molar-refractivity contribution in [3.05, 3.63) is 57.9 Å². The smallest absolute Gasteiger partial charge is 0.133 e. The van der Waals surface area contributed by atoms with E-state index in [9.17, 15) is 9.50 Å². The first-order valence-corrected chi connectivity index (χ1v) is 7.24. The maximum absolute atomic E-state index is 13.6. The normalized spacial score (nSPS) is 12.3. The fourth-order valence-corrected chi connectivity index (χ4v) is 2.35. The summed E-state index contributed by atoms with van der Waals surface area (Å²) in [5.74, 6) is 0.709. The van der Waals surface area contributed by atoms with Gasteiger partial charge in [0, 0.05) is 10.6 Å². The highest BCUT2D eigenvalue weighted by molar-refractivity contribution is 6.31. The van der Waals surface area contributed by atoms with Gasteiger partial charge in [-0.3, -0.25) is 0 Å². The molecule has 0 saturated carbocycles. The fraction of sp³-hybridized carbons (Fsp3) is 0.294. The molecule has 1 N–H and O–H groups in total. The minimum Gasteiger partial charge on any atom is -0.457 e. The van der Waals surface area contributed by atoms with Crippen LogP contribution >= 0.6 is 11.6 Å². The largest absolute Gasteiger partial charge is 0.457 e. The zero-order valence-electron chi connectivity index (χ0n) is 12.3. The summed E-state index contributed by atoms with van der Waals surface area (Å²) in [5.41, 5.74) is 1.87. The molecule has 0 spiro atoms. The van der Waals surface area contributed by atoms with Crippen LogP contribution in [0.25, 0.3) is 0 Å². The summed E-state index contributed by atoms with van der Waals surface area (Å²) in [7, 11) is 0. The lowest BCUT2D eigenvalue weighted by atomic mass is 10.1. The van der Waals surface area contributed by atoms with Crippen molar-refractivity contribution in [3.8, 4) is 11.5 Å². The Bertz CT molecular complexity index is 653. The Labute approximate surface area is 129 Å². The van der Waals surface area contributed by atoms with Gasteiger partial charge in [0.25, 0.3) is 0 Å². The summed E-state index contributed by atoms with van der Waals surface area (Å²) in [5, 5.41) is 10.5. The molecule has 0 aromatic heterocycles. The Balaban J connectivity index is 2.41. The lowest BCUT2D eigenvalue weighted by Crippen LogP contribution is -1.99. The number of halogens is 2. The predicted octanol–water partition coefficient (Wildman–Crippen LogP) is 5.20. The van der Waals surface area contributed by atoms with Crippen LogP contribution in [0.5, 0.6) is 11.5 Å². The third-order valence-electron chi connectivity index (χ3n) is 3.37. The molecule has 0 aliphatic rings. The summed E-state index contributed by atoms with van der Waals surface area (Å²) in [6, 6.07) is 8.29. The average Bonchev–Trinajstić information content (AvgIpc) is 2.44. The fourth-order valence-electron chi connectivity index (χ4n) is 2.10. The summed E-state index contributed by atoms with van der Waals surface area (Å²) in [4.78, 5) is 0. The van der Waals surface area contributed by atoms with Crippen molar-refractivity contribution >= 4 is 11.6 Å². The molecule has 2 rings (SSSR count). The highest BCUT2D eigenvalue weighted by atomic mass is 35.5. The minimum absolute atomic E-state index is 0.358. The third kappa shape index (κ3) is 3.55. The SMILES string of the molecule is CCc1cc(Oc2cc(C)c(F)cc2C(C)O)ccc1Cl. The first-order valence-electron chi connectivity index (χ1n) is 6.86. The predicted molar refractivity (Wildman–Crippen MR) is 82.7 cm³/mol. The number of aliphatic hydroxyl groups is 1. The van der Waals surface area contributed by atoms with Crippen molar-refractivity contribution in [2.45, 2.75) is 33.3 Å². The molecule has 0 radical (unpaired) electrons. The number of hydrogen-bond acceptors (Lipinski definition) is 2. The summed E-state index contributed by atoms with van der Waals surface area (Å²) in [6.45, 7) is 5.25. The molecule has 0 aliphatic heterocycles. The van der Waals surface area contributed by atoms with Gasteiger partial charge in [0.05, 0.1) is 6.10 Å². The Hall–Kier alpha value is -1.58. The number of hydrogen-bond donors (Lipinski definition) is 1. The minimum atomic E-state index is -0.812. The number of rotatable bonds is 4. The van der Waals surface area contributed by atoms with E-state index in [0.717, 1.165) is 12.0 Å². The van der Waals surface area contributed by atoms with Gasteiger partial charge in [0.2, 0.25) is 0 Å². The molecule has 0 heterocycles. The van der Waals surface area contributed by atoms with E-state index in [2.05, 4.69) is 0 Å². The molecular formula is C17H18ClFO2. The van der Waals surface area contributed by atoms with E-state index in [1.54, 1.807) is 32.0 Å². The van der Waals surface area contributed by atoms with Crippen molar-refractivity contribution in [1.82, 2.24) is 0 Å². The van der Waals surface area contributed by atoms with Crippen LogP contribution in [0.3, 0.4) is 0 Å². The molecule has 0 amide bonds. The molecule has 1 unspecified atom stereocenters. The molecule has 1 atom stereocenters. The molecule has 2 aromatic rings. The van der Waals surface area contributed by atoms with Crippen LogP contribution in [0, 0.1) is 12.7 Å². The zero-order chi connectivity index (χ0) is 15.6. The molecule has 4 heteroatoms. The lowest BCUT2D eigenvalue weighted by molar-refractivity contribution is 0.195. The summed E-state index contributed by atoms with van der Waals surface area (Å²) >= 11 is 6.08. The highest BCUT2D eigenvalue weighted by Gasteiger charge is 2.14. The molecule has 112 valence electrons. The van der Waals surface area contributed by atoms with Crippen LogP contribution in [0.4, 0.5) is 4.39 Å². The second kappa shape index (κ2) is 6.46. The van der Waals surface area contributed by atoms with Gasteiger partial charge in [-0.25, -0.2) is 4.39 Å². The standard InChI is InChI=1S/C17H18ClFO2/c1-4-12-8-13(5-6-15(12)18)21-17-7-10(2)16(19)9-14(17)11(3)20/h5-9,11,20H,4H2,1-3H3. The van der Waals surface area contributed by atoms with E-state index in [1.807, 2.05) is 13.0 Å². The lowest BCUT2D eigenvalue weighted by Gasteiger charge is -2.15. The Kier molecular flexibility index (Phi) is 4.86. The highest BCUT2D eigenvalue weighted by Crippen LogP contribution is 2.33. The zero-order valence-corrected chi connectivity index (χ0v) is 13.0. The van der Waals surface area contributed by atoms with Crippen LogP contribution in [-0.4, -0.2) is 5.11 Å². The Morgan fingerprint density at radius 1 is 1.29 bits per heavy atom. The molecule has 0 bridgehead atoms. The summed E-state index contributed by atoms with van der Waals surface area (Å²) < 4.78 is 19.5. The van der Waals surface area contributed by atoms with Gasteiger partial charge < -0.3 is 9.84 Å². The number of benzene rings is 2. The summed E-state index contributed by atoms with van der Waals surface area (Å²) in [6.07, 6.45) is -0.0186. The van der Waals surface area contributed by atoms with Crippen molar-refractivity contribution in [1.29, 1.82) is 0 Å². The van der Waals surface area contributed by atoms with E-state index >= 15 is 0 Å². The number of aryl methyl sites for hydroxylation is 2. The third-order valence-corrected chi connectivity index (χ3v) is 3.74. The second-order valence-corrected chi connectivity index (χ2v) is 5.43. The molecule has 0 aliphatic carbocycles. The quantitative estimate of drug-likeness (QED) is 0.841. The van der Waals surface area contributed by atoms with E-state index < -0.39 is 6.10 Å². The van der Waals surface area contributed by atoms with Crippen LogP contribution in [0.1, 0.15) is 36.6 Å². The van der Waals surface area contributed by atoms with Crippen LogP contribution in [0.2, 0.25) is 5.02 Å².